The fraction of sp³-hybridized carbons (Fsp3) is 0.562. The van der Waals surface area contributed by atoms with Gasteiger partial charge in [0.1, 0.15) is 0 Å². The summed E-state index contributed by atoms with van der Waals surface area (Å²) < 4.78 is 0. The maximum absolute atomic E-state index is 12.1. The molecule has 1 amide bonds. The topological polar surface area (TPSA) is 58.4 Å². The standard InChI is InChI=1S/C16H27N3O/c1-5-9-19(13(4)16(20)18-12(2)3)11-14-7-6-8-15(17)10-14/h6-8,10,12-13H,5,9,11,17H2,1-4H3,(H,18,20). The molecule has 4 heteroatoms. The summed E-state index contributed by atoms with van der Waals surface area (Å²) >= 11 is 0. The van der Waals surface area contributed by atoms with Crippen LogP contribution in [-0.4, -0.2) is 29.4 Å². The summed E-state index contributed by atoms with van der Waals surface area (Å²) in [5.74, 6) is 0.0809. The minimum atomic E-state index is -0.140. The minimum absolute atomic E-state index is 0.0809. The molecule has 0 fully saturated rings. The lowest BCUT2D eigenvalue weighted by Gasteiger charge is -2.28. The van der Waals surface area contributed by atoms with E-state index in [1.54, 1.807) is 0 Å². The number of hydrogen-bond acceptors (Lipinski definition) is 3. The van der Waals surface area contributed by atoms with Gasteiger partial charge in [0.15, 0.2) is 0 Å². The first-order chi connectivity index (χ1) is 9.43. The van der Waals surface area contributed by atoms with Gasteiger partial charge in [-0.15, -0.1) is 0 Å². The van der Waals surface area contributed by atoms with E-state index in [-0.39, 0.29) is 18.0 Å². The van der Waals surface area contributed by atoms with Gasteiger partial charge < -0.3 is 11.1 Å². The lowest BCUT2D eigenvalue weighted by Crippen LogP contribution is -2.47. The number of anilines is 1. The highest BCUT2D eigenvalue weighted by atomic mass is 16.2. The molecule has 0 bridgehead atoms. The molecule has 1 unspecified atom stereocenters. The molecule has 3 N–H and O–H groups in total. The molecule has 0 aliphatic rings. The second kappa shape index (κ2) is 7.90. The number of amides is 1. The van der Waals surface area contributed by atoms with Gasteiger partial charge in [0.2, 0.25) is 5.91 Å². The Morgan fingerprint density at radius 2 is 2.05 bits per heavy atom. The Morgan fingerprint density at radius 3 is 2.60 bits per heavy atom. The fourth-order valence-electron chi connectivity index (χ4n) is 2.19. The monoisotopic (exact) mass is 277 g/mol. The number of nitrogens with one attached hydrogen (secondary N) is 1. The normalized spacial score (nSPS) is 12.7. The third-order valence-corrected chi connectivity index (χ3v) is 3.21. The van der Waals surface area contributed by atoms with Gasteiger partial charge in [-0.05, 0) is 51.4 Å². The van der Waals surface area contributed by atoms with Crippen LogP contribution >= 0.6 is 0 Å². The first-order valence-electron chi connectivity index (χ1n) is 7.32. The predicted molar refractivity (Wildman–Crippen MR) is 84.3 cm³/mol. The summed E-state index contributed by atoms with van der Waals surface area (Å²) in [5, 5.41) is 2.97. The second-order valence-electron chi connectivity index (χ2n) is 5.55. The van der Waals surface area contributed by atoms with E-state index < -0.39 is 0 Å². The van der Waals surface area contributed by atoms with Gasteiger partial charge in [-0.1, -0.05) is 19.1 Å². The van der Waals surface area contributed by atoms with E-state index in [9.17, 15) is 4.79 Å². The van der Waals surface area contributed by atoms with Crippen molar-refractivity contribution in [2.45, 2.75) is 52.7 Å². The van der Waals surface area contributed by atoms with E-state index in [4.69, 9.17) is 5.73 Å². The van der Waals surface area contributed by atoms with Gasteiger partial charge in [0, 0.05) is 18.3 Å². The zero-order valence-corrected chi connectivity index (χ0v) is 13.0. The van der Waals surface area contributed by atoms with Crippen molar-refractivity contribution in [1.29, 1.82) is 0 Å². The number of rotatable bonds is 7. The molecule has 0 saturated carbocycles. The Morgan fingerprint density at radius 1 is 1.35 bits per heavy atom. The largest absolute Gasteiger partial charge is 0.399 e. The number of carbonyl (C=O) groups excluding carboxylic acids is 1. The van der Waals surface area contributed by atoms with Crippen molar-refractivity contribution in [2.75, 3.05) is 12.3 Å². The van der Waals surface area contributed by atoms with Crippen molar-refractivity contribution in [3.05, 3.63) is 29.8 Å². The van der Waals surface area contributed by atoms with E-state index in [0.29, 0.717) is 0 Å². The second-order valence-corrected chi connectivity index (χ2v) is 5.55. The molecule has 20 heavy (non-hydrogen) atoms. The Hall–Kier alpha value is -1.55. The van der Waals surface area contributed by atoms with E-state index in [1.807, 2.05) is 45.0 Å². The summed E-state index contributed by atoms with van der Waals surface area (Å²) in [6.07, 6.45) is 1.02. The Balaban J connectivity index is 2.75. The highest BCUT2D eigenvalue weighted by Gasteiger charge is 2.21. The van der Waals surface area contributed by atoms with Gasteiger partial charge in [-0.25, -0.2) is 0 Å². The fourth-order valence-corrected chi connectivity index (χ4v) is 2.19. The zero-order valence-electron chi connectivity index (χ0n) is 13.0. The molecule has 1 rings (SSSR count). The quantitative estimate of drug-likeness (QED) is 0.752. The number of carbonyl (C=O) groups is 1. The molecule has 0 saturated heterocycles. The smallest absolute Gasteiger partial charge is 0.237 e. The van der Waals surface area contributed by atoms with Crippen LogP contribution in [0, 0.1) is 0 Å². The summed E-state index contributed by atoms with van der Waals surface area (Å²) in [4.78, 5) is 14.3. The minimum Gasteiger partial charge on any atom is -0.399 e. The average Bonchev–Trinajstić information content (AvgIpc) is 2.36. The Labute approximate surface area is 122 Å². The van der Waals surface area contributed by atoms with Crippen LogP contribution in [0.4, 0.5) is 5.69 Å². The maximum Gasteiger partial charge on any atom is 0.237 e. The zero-order chi connectivity index (χ0) is 15.1. The third-order valence-electron chi connectivity index (χ3n) is 3.21. The van der Waals surface area contributed by atoms with E-state index in [1.165, 1.54) is 0 Å². The van der Waals surface area contributed by atoms with Crippen LogP contribution in [0.1, 0.15) is 39.7 Å². The Bertz CT molecular complexity index is 431. The molecule has 0 aliphatic heterocycles. The molecule has 0 aromatic heterocycles. The number of nitrogen functional groups attached to an aromatic ring is 1. The van der Waals surface area contributed by atoms with Gasteiger partial charge in [-0.2, -0.15) is 0 Å². The lowest BCUT2D eigenvalue weighted by atomic mass is 10.1. The molecular formula is C16H27N3O. The molecule has 4 nitrogen and oxygen atoms in total. The van der Waals surface area contributed by atoms with Crippen LogP contribution < -0.4 is 11.1 Å². The van der Waals surface area contributed by atoms with Crippen molar-refractivity contribution in [3.8, 4) is 0 Å². The molecule has 1 aromatic rings. The number of nitrogens with zero attached hydrogens (tertiary/aromatic N) is 1. The SMILES string of the molecule is CCCN(Cc1cccc(N)c1)C(C)C(=O)NC(C)C. The highest BCUT2D eigenvalue weighted by molar-refractivity contribution is 5.81. The lowest BCUT2D eigenvalue weighted by molar-refractivity contribution is -0.126. The molecule has 112 valence electrons. The summed E-state index contributed by atoms with van der Waals surface area (Å²) in [6, 6.07) is 7.87. The number of hydrogen-bond donors (Lipinski definition) is 2. The average molecular weight is 277 g/mol. The van der Waals surface area contributed by atoms with E-state index in [2.05, 4.69) is 17.1 Å². The highest BCUT2D eigenvalue weighted by Crippen LogP contribution is 2.12. The van der Waals surface area contributed by atoms with Crippen molar-refractivity contribution >= 4 is 11.6 Å². The van der Waals surface area contributed by atoms with Crippen LogP contribution in [0.25, 0.3) is 0 Å². The van der Waals surface area contributed by atoms with Crippen LogP contribution in [0.5, 0.6) is 0 Å². The van der Waals surface area contributed by atoms with Gasteiger partial charge >= 0.3 is 0 Å². The molecule has 0 spiro atoms. The van der Waals surface area contributed by atoms with Crippen LogP contribution in [0.2, 0.25) is 0 Å². The maximum atomic E-state index is 12.1. The molecule has 0 heterocycles. The van der Waals surface area contributed by atoms with Crippen LogP contribution in [-0.2, 0) is 11.3 Å². The molecule has 0 radical (unpaired) electrons. The summed E-state index contributed by atoms with van der Waals surface area (Å²) in [5.41, 5.74) is 7.72. The summed E-state index contributed by atoms with van der Waals surface area (Å²) in [6.45, 7) is 9.67. The third kappa shape index (κ3) is 5.21. The molecular weight excluding hydrogens is 250 g/mol. The van der Waals surface area contributed by atoms with Crippen molar-refractivity contribution in [2.24, 2.45) is 0 Å². The summed E-state index contributed by atoms with van der Waals surface area (Å²) in [7, 11) is 0. The Kier molecular flexibility index (Phi) is 6.52. The van der Waals surface area contributed by atoms with Crippen LogP contribution in [0.15, 0.2) is 24.3 Å². The number of nitrogens with two attached hydrogens (primary N) is 1. The molecule has 1 aromatic carbocycles. The van der Waals surface area contributed by atoms with Gasteiger partial charge in [0.05, 0.1) is 6.04 Å². The predicted octanol–water partition coefficient (Wildman–Crippen LogP) is 2.39. The van der Waals surface area contributed by atoms with Crippen molar-refractivity contribution in [3.63, 3.8) is 0 Å². The van der Waals surface area contributed by atoms with Gasteiger partial charge in [-0.3, -0.25) is 9.69 Å². The molecule has 0 aliphatic carbocycles. The van der Waals surface area contributed by atoms with Crippen LogP contribution in [0.3, 0.4) is 0 Å². The number of benzene rings is 1. The first kappa shape index (κ1) is 16.5. The van der Waals surface area contributed by atoms with Crippen molar-refractivity contribution < 1.29 is 4.79 Å². The molecule has 1 atom stereocenters. The van der Waals surface area contributed by atoms with Crippen molar-refractivity contribution in [1.82, 2.24) is 10.2 Å². The van der Waals surface area contributed by atoms with E-state index >= 15 is 0 Å². The van der Waals surface area contributed by atoms with E-state index in [0.717, 1.165) is 30.8 Å². The first-order valence-corrected chi connectivity index (χ1v) is 7.32. The van der Waals surface area contributed by atoms with Gasteiger partial charge in [0.25, 0.3) is 0 Å².